The lowest BCUT2D eigenvalue weighted by Gasteiger charge is -2.28. The van der Waals surface area contributed by atoms with E-state index in [9.17, 15) is 4.79 Å². The maximum absolute atomic E-state index is 11.3. The smallest absolute Gasteiger partial charge is 0.255 e. The Morgan fingerprint density at radius 2 is 2.44 bits per heavy atom. The van der Waals surface area contributed by atoms with E-state index in [2.05, 4.69) is 21.7 Å². The summed E-state index contributed by atoms with van der Waals surface area (Å²) < 4.78 is 1.73. The van der Waals surface area contributed by atoms with Gasteiger partial charge in [-0.05, 0) is 5.92 Å². The summed E-state index contributed by atoms with van der Waals surface area (Å²) in [6.45, 7) is 1.64. The Hall–Kier alpha value is -2.00. The largest absolute Gasteiger partial charge is 0.373 e. The summed E-state index contributed by atoms with van der Waals surface area (Å²) in [6, 6.07) is 0.225. The Morgan fingerprint density at radius 3 is 2.81 bits per heavy atom. The van der Waals surface area contributed by atoms with Crippen LogP contribution < -0.4 is 16.4 Å². The number of nitrogens with two attached hydrogens (primary N) is 1. The van der Waals surface area contributed by atoms with E-state index in [1.807, 2.05) is 0 Å². The Morgan fingerprint density at radius 1 is 1.75 bits per heavy atom. The number of aromatic nitrogens is 2. The van der Waals surface area contributed by atoms with E-state index in [0.717, 1.165) is 13.1 Å². The molecular formula is C10H13N5O. The molecule has 4 N–H and O–H groups in total. The molecule has 1 aromatic heterocycles. The van der Waals surface area contributed by atoms with E-state index in [-0.39, 0.29) is 11.6 Å². The molecule has 84 valence electrons. The quantitative estimate of drug-likeness (QED) is 0.578. The molecule has 2 rings (SSSR count). The maximum atomic E-state index is 11.3. The van der Waals surface area contributed by atoms with Gasteiger partial charge in [0.2, 0.25) is 0 Å². The van der Waals surface area contributed by atoms with Crippen molar-refractivity contribution in [1.29, 1.82) is 0 Å². The molecule has 0 aromatic carbocycles. The highest BCUT2D eigenvalue weighted by Gasteiger charge is 2.27. The predicted molar refractivity (Wildman–Crippen MR) is 60.1 cm³/mol. The first-order valence-corrected chi connectivity index (χ1v) is 4.96. The summed E-state index contributed by atoms with van der Waals surface area (Å²) in [5.74, 6) is 2.41. The van der Waals surface area contributed by atoms with E-state index in [1.165, 1.54) is 0 Å². The fourth-order valence-electron chi connectivity index (χ4n) is 1.72. The molecule has 0 unspecified atom stereocenters. The van der Waals surface area contributed by atoms with Crippen LogP contribution in [0.4, 0.5) is 5.82 Å². The van der Waals surface area contributed by atoms with Gasteiger partial charge in [0.25, 0.3) is 5.91 Å². The van der Waals surface area contributed by atoms with Gasteiger partial charge in [-0.3, -0.25) is 4.79 Å². The normalized spacial score (nSPS) is 15.2. The second-order valence-electron chi connectivity index (χ2n) is 3.59. The first-order valence-electron chi connectivity index (χ1n) is 4.96. The van der Waals surface area contributed by atoms with Crippen molar-refractivity contribution in [2.45, 2.75) is 6.04 Å². The number of primary amides is 1. The average molecular weight is 219 g/mol. The zero-order valence-corrected chi connectivity index (χ0v) is 8.95. The second-order valence-corrected chi connectivity index (χ2v) is 3.59. The van der Waals surface area contributed by atoms with E-state index in [1.54, 1.807) is 11.7 Å². The van der Waals surface area contributed by atoms with Crippen LogP contribution in [0.3, 0.4) is 0 Å². The number of nitrogens with zero attached hydrogens (tertiary/aromatic N) is 2. The zero-order valence-electron chi connectivity index (χ0n) is 8.95. The summed E-state index contributed by atoms with van der Waals surface area (Å²) in [5, 5.41) is 10.3. The van der Waals surface area contributed by atoms with E-state index in [0.29, 0.717) is 11.5 Å². The molecule has 1 aliphatic rings. The third kappa shape index (κ3) is 1.42. The van der Waals surface area contributed by atoms with Crippen LogP contribution in [0.25, 0.3) is 0 Å². The van der Waals surface area contributed by atoms with Crippen molar-refractivity contribution in [3.63, 3.8) is 0 Å². The van der Waals surface area contributed by atoms with Gasteiger partial charge < -0.3 is 16.4 Å². The first-order chi connectivity index (χ1) is 7.69. The molecule has 1 aliphatic heterocycles. The number of anilines is 1. The van der Waals surface area contributed by atoms with Crippen molar-refractivity contribution in [2.75, 3.05) is 25.5 Å². The highest BCUT2D eigenvalue weighted by atomic mass is 16.1. The average Bonchev–Trinajstić information content (AvgIpc) is 2.53. The van der Waals surface area contributed by atoms with Crippen molar-refractivity contribution in [3.05, 3.63) is 11.3 Å². The monoisotopic (exact) mass is 219 g/mol. The molecule has 1 aromatic rings. The first kappa shape index (κ1) is 10.5. The minimum atomic E-state index is -0.559. The number of terminal acetylenes is 1. The van der Waals surface area contributed by atoms with Crippen LogP contribution in [-0.4, -0.2) is 35.8 Å². The van der Waals surface area contributed by atoms with Gasteiger partial charge in [-0.2, -0.15) is 5.10 Å². The Labute approximate surface area is 93.2 Å². The number of hydrogen-bond acceptors (Lipinski definition) is 4. The molecule has 6 heteroatoms. The molecule has 6 nitrogen and oxygen atoms in total. The zero-order chi connectivity index (χ0) is 11.7. The third-order valence-corrected chi connectivity index (χ3v) is 2.64. The molecule has 1 amide bonds. The Balaban J connectivity index is 2.54. The van der Waals surface area contributed by atoms with Crippen LogP contribution in [0, 0.1) is 12.3 Å². The number of nitrogens with one attached hydrogen (secondary N) is 2. The van der Waals surface area contributed by atoms with Crippen LogP contribution in [0.15, 0.2) is 0 Å². The fourth-order valence-corrected chi connectivity index (χ4v) is 1.72. The van der Waals surface area contributed by atoms with Gasteiger partial charge in [-0.25, -0.2) is 4.68 Å². The van der Waals surface area contributed by atoms with Gasteiger partial charge >= 0.3 is 0 Å². The van der Waals surface area contributed by atoms with Gasteiger partial charge in [0, 0.05) is 20.1 Å². The highest BCUT2D eigenvalue weighted by molar-refractivity contribution is 6.00. The summed E-state index contributed by atoms with van der Waals surface area (Å²) in [7, 11) is 1.71. The van der Waals surface area contributed by atoms with Gasteiger partial charge in [0.15, 0.2) is 0 Å². The molecular weight excluding hydrogens is 206 g/mol. The summed E-state index contributed by atoms with van der Waals surface area (Å²) in [5.41, 5.74) is 5.88. The standard InChI is InChI=1S/C10H13N5O/c1-3-7-8(9(11)16)10(12-2)15(14-7)6-4-13-5-6/h1,6,12-13H,4-5H2,2H3,(H2,11,16). The number of amides is 1. The molecule has 2 heterocycles. The summed E-state index contributed by atoms with van der Waals surface area (Å²) in [6.07, 6.45) is 5.31. The minimum Gasteiger partial charge on any atom is -0.373 e. The third-order valence-electron chi connectivity index (χ3n) is 2.64. The number of carbonyl (C=O) groups is 1. The molecule has 0 atom stereocenters. The predicted octanol–water partition coefficient (Wildman–Crippen LogP) is -0.851. The second kappa shape index (κ2) is 3.87. The lowest BCUT2D eigenvalue weighted by molar-refractivity contribution is 0.100. The number of carbonyl (C=O) groups excluding carboxylic acids is 1. The van der Waals surface area contributed by atoms with E-state index >= 15 is 0 Å². The van der Waals surface area contributed by atoms with Gasteiger partial charge in [-0.15, -0.1) is 6.42 Å². The molecule has 0 radical (unpaired) electrons. The lowest BCUT2D eigenvalue weighted by Crippen LogP contribution is -2.44. The van der Waals surface area contributed by atoms with Crippen molar-refractivity contribution in [1.82, 2.24) is 15.1 Å². The molecule has 0 bridgehead atoms. The van der Waals surface area contributed by atoms with Crippen molar-refractivity contribution in [3.8, 4) is 12.3 Å². The fraction of sp³-hybridized carbons (Fsp3) is 0.400. The molecule has 0 aliphatic carbocycles. The van der Waals surface area contributed by atoms with Crippen LogP contribution in [0.2, 0.25) is 0 Å². The van der Waals surface area contributed by atoms with E-state index < -0.39 is 5.91 Å². The topological polar surface area (TPSA) is 85.0 Å². The Bertz CT molecular complexity index is 466. The van der Waals surface area contributed by atoms with Crippen molar-refractivity contribution in [2.24, 2.45) is 5.73 Å². The molecule has 16 heavy (non-hydrogen) atoms. The lowest BCUT2D eigenvalue weighted by atomic mass is 10.2. The highest BCUT2D eigenvalue weighted by Crippen LogP contribution is 2.24. The minimum absolute atomic E-state index is 0.225. The van der Waals surface area contributed by atoms with Crippen LogP contribution >= 0.6 is 0 Å². The van der Waals surface area contributed by atoms with Crippen LogP contribution in [0.1, 0.15) is 22.1 Å². The molecule has 1 fully saturated rings. The molecule has 1 saturated heterocycles. The van der Waals surface area contributed by atoms with Crippen molar-refractivity contribution < 1.29 is 4.79 Å². The summed E-state index contributed by atoms with van der Waals surface area (Å²) >= 11 is 0. The number of hydrogen-bond donors (Lipinski definition) is 3. The van der Waals surface area contributed by atoms with Crippen LogP contribution in [-0.2, 0) is 0 Å². The van der Waals surface area contributed by atoms with E-state index in [4.69, 9.17) is 12.2 Å². The van der Waals surface area contributed by atoms with Crippen LogP contribution in [0.5, 0.6) is 0 Å². The summed E-state index contributed by atoms with van der Waals surface area (Å²) in [4.78, 5) is 11.3. The Kier molecular flexibility index (Phi) is 2.54. The van der Waals surface area contributed by atoms with Gasteiger partial charge in [0.1, 0.15) is 17.1 Å². The SMILES string of the molecule is C#Cc1nn(C2CNC2)c(NC)c1C(N)=O. The van der Waals surface area contributed by atoms with Crippen molar-refractivity contribution >= 4 is 11.7 Å². The van der Waals surface area contributed by atoms with Gasteiger partial charge in [0.05, 0.1) is 6.04 Å². The van der Waals surface area contributed by atoms with Gasteiger partial charge in [-0.1, -0.05) is 0 Å². The molecule has 0 saturated carbocycles. The molecule has 0 spiro atoms. The number of rotatable bonds is 3. The maximum Gasteiger partial charge on any atom is 0.255 e.